The SMILES string of the molecule is COc1ccccc1NC(=O)[C@H](C)OC(=O)/C=C\c1ccc2ccccc2n1. The third-order valence-electron chi connectivity index (χ3n) is 4.04. The van der Waals surface area contributed by atoms with Crippen LogP contribution in [0.2, 0.25) is 0 Å². The van der Waals surface area contributed by atoms with Crippen LogP contribution in [-0.2, 0) is 14.3 Å². The van der Waals surface area contributed by atoms with E-state index in [1.165, 1.54) is 20.1 Å². The van der Waals surface area contributed by atoms with E-state index in [9.17, 15) is 9.59 Å². The zero-order chi connectivity index (χ0) is 19.9. The van der Waals surface area contributed by atoms with Crippen molar-refractivity contribution in [2.24, 2.45) is 0 Å². The number of hydrogen-bond donors (Lipinski definition) is 1. The van der Waals surface area contributed by atoms with Crippen LogP contribution >= 0.6 is 0 Å². The van der Waals surface area contributed by atoms with Gasteiger partial charge < -0.3 is 14.8 Å². The minimum atomic E-state index is -0.966. The van der Waals surface area contributed by atoms with Crippen molar-refractivity contribution in [3.63, 3.8) is 0 Å². The predicted molar refractivity (Wildman–Crippen MR) is 108 cm³/mol. The molecule has 0 unspecified atom stereocenters. The van der Waals surface area contributed by atoms with E-state index in [2.05, 4.69) is 10.3 Å². The molecule has 142 valence electrons. The van der Waals surface area contributed by atoms with Crippen LogP contribution < -0.4 is 10.1 Å². The van der Waals surface area contributed by atoms with E-state index < -0.39 is 18.0 Å². The summed E-state index contributed by atoms with van der Waals surface area (Å²) < 4.78 is 10.3. The van der Waals surface area contributed by atoms with Gasteiger partial charge in [-0.05, 0) is 37.3 Å². The second-order valence-corrected chi connectivity index (χ2v) is 6.03. The maximum absolute atomic E-state index is 12.3. The lowest BCUT2D eigenvalue weighted by molar-refractivity contribution is -0.148. The number of benzene rings is 2. The zero-order valence-corrected chi connectivity index (χ0v) is 15.6. The molecule has 0 aliphatic rings. The number of rotatable bonds is 6. The molecule has 1 atom stereocenters. The number of fused-ring (bicyclic) bond motifs is 1. The summed E-state index contributed by atoms with van der Waals surface area (Å²) >= 11 is 0. The standard InChI is InChI=1S/C22H20N2O4/c1-15(22(26)24-19-9-5-6-10-20(19)27-2)28-21(25)14-13-17-12-11-16-7-3-4-8-18(16)23-17/h3-15H,1-2H3,(H,24,26)/b14-13-/t15-/m0/s1. The lowest BCUT2D eigenvalue weighted by Crippen LogP contribution is -2.29. The first-order valence-electron chi connectivity index (χ1n) is 8.75. The molecule has 0 spiro atoms. The van der Waals surface area contributed by atoms with Gasteiger partial charge >= 0.3 is 5.97 Å². The van der Waals surface area contributed by atoms with Crippen molar-refractivity contribution >= 4 is 34.5 Å². The predicted octanol–water partition coefficient (Wildman–Crippen LogP) is 3.83. The van der Waals surface area contributed by atoms with Crippen LogP contribution in [0.5, 0.6) is 5.75 Å². The molecule has 1 N–H and O–H groups in total. The van der Waals surface area contributed by atoms with Gasteiger partial charge in [-0.1, -0.05) is 36.4 Å². The van der Waals surface area contributed by atoms with Gasteiger partial charge in [0.25, 0.3) is 5.91 Å². The molecule has 0 aliphatic carbocycles. The summed E-state index contributed by atoms with van der Waals surface area (Å²) in [6, 6.07) is 18.4. The molecular formula is C22H20N2O4. The highest BCUT2D eigenvalue weighted by molar-refractivity contribution is 5.97. The van der Waals surface area contributed by atoms with Crippen molar-refractivity contribution in [1.82, 2.24) is 4.98 Å². The van der Waals surface area contributed by atoms with E-state index >= 15 is 0 Å². The highest BCUT2D eigenvalue weighted by Crippen LogP contribution is 2.23. The Morgan fingerprint density at radius 3 is 2.61 bits per heavy atom. The summed E-state index contributed by atoms with van der Waals surface area (Å²) in [6.45, 7) is 1.50. The van der Waals surface area contributed by atoms with Gasteiger partial charge in [0.15, 0.2) is 6.10 Å². The number of esters is 1. The molecule has 1 aromatic heterocycles. The van der Waals surface area contributed by atoms with Crippen LogP contribution in [0.25, 0.3) is 17.0 Å². The van der Waals surface area contributed by atoms with E-state index in [0.717, 1.165) is 10.9 Å². The number of carbonyl (C=O) groups is 2. The minimum absolute atomic E-state index is 0.449. The van der Waals surface area contributed by atoms with Crippen LogP contribution in [0.4, 0.5) is 5.69 Å². The van der Waals surface area contributed by atoms with Crippen LogP contribution in [0, 0.1) is 0 Å². The van der Waals surface area contributed by atoms with Gasteiger partial charge in [-0.15, -0.1) is 0 Å². The first-order chi connectivity index (χ1) is 13.6. The number of ether oxygens (including phenoxy) is 2. The molecule has 0 fully saturated rings. The Morgan fingerprint density at radius 1 is 1.04 bits per heavy atom. The first-order valence-corrected chi connectivity index (χ1v) is 8.75. The zero-order valence-electron chi connectivity index (χ0n) is 15.6. The summed E-state index contributed by atoms with van der Waals surface area (Å²) in [7, 11) is 1.51. The summed E-state index contributed by atoms with van der Waals surface area (Å²) in [5.74, 6) is -0.552. The highest BCUT2D eigenvalue weighted by Gasteiger charge is 2.18. The van der Waals surface area contributed by atoms with E-state index in [0.29, 0.717) is 17.1 Å². The molecule has 6 nitrogen and oxygen atoms in total. The number of aromatic nitrogens is 1. The molecular weight excluding hydrogens is 356 g/mol. The summed E-state index contributed by atoms with van der Waals surface area (Å²) in [4.78, 5) is 28.7. The first kappa shape index (κ1) is 19.1. The van der Waals surface area contributed by atoms with Crippen molar-refractivity contribution in [2.45, 2.75) is 13.0 Å². The molecule has 0 saturated heterocycles. The van der Waals surface area contributed by atoms with Crippen molar-refractivity contribution < 1.29 is 19.1 Å². The van der Waals surface area contributed by atoms with Crippen LogP contribution in [0.1, 0.15) is 12.6 Å². The third kappa shape index (κ3) is 4.73. The van der Waals surface area contributed by atoms with Crippen LogP contribution in [0.3, 0.4) is 0 Å². The molecule has 6 heteroatoms. The van der Waals surface area contributed by atoms with Gasteiger partial charge in [0, 0.05) is 11.5 Å². The molecule has 0 aliphatic heterocycles. The van der Waals surface area contributed by atoms with Gasteiger partial charge in [-0.2, -0.15) is 0 Å². The highest BCUT2D eigenvalue weighted by atomic mass is 16.5. The number of nitrogens with zero attached hydrogens (tertiary/aromatic N) is 1. The monoisotopic (exact) mass is 376 g/mol. The molecule has 1 heterocycles. The number of nitrogens with one attached hydrogen (secondary N) is 1. The number of carbonyl (C=O) groups excluding carboxylic acids is 2. The normalized spacial score (nSPS) is 11.9. The quantitative estimate of drug-likeness (QED) is 0.523. The molecule has 3 rings (SSSR count). The lowest BCUT2D eigenvalue weighted by Gasteiger charge is -2.14. The van der Waals surface area contributed by atoms with Crippen molar-refractivity contribution in [3.8, 4) is 5.75 Å². The smallest absolute Gasteiger partial charge is 0.331 e. The van der Waals surface area contributed by atoms with Gasteiger partial charge in [-0.25, -0.2) is 9.78 Å². The van der Waals surface area contributed by atoms with E-state index in [-0.39, 0.29) is 0 Å². The van der Waals surface area contributed by atoms with Crippen molar-refractivity contribution in [3.05, 3.63) is 72.4 Å². The summed E-state index contributed by atoms with van der Waals surface area (Å²) in [6.07, 6.45) is 1.84. The molecule has 0 bridgehead atoms. The fraction of sp³-hybridized carbons (Fsp3) is 0.136. The second-order valence-electron chi connectivity index (χ2n) is 6.03. The molecule has 2 aromatic carbocycles. The number of anilines is 1. The van der Waals surface area contributed by atoms with Crippen LogP contribution in [0.15, 0.2) is 66.7 Å². The fourth-order valence-corrected chi connectivity index (χ4v) is 2.58. The molecule has 28 heavy (non-hydrogen) atoms. The number of pyridine rings is 1. The number of methoxy groups -OCH3 is 1. The average Bonchev–Trinajstić information content (AvgIpc) is 2.72. The third-order valence-corrected chi connectivity index (χ3v) is 4.04. The van der Waals surface area contributed by atoms with Gasteiger partial charge in [0.05, 0.1) is 24.0 Å². The fourth-order valence-electron chi connectivity index (χ4n) is 2.58. The molecule has 0 radical (unpaired) electrons. The Morgan fingerprint density at radius 2 is 1.79 bits per heavy atom. The van der Waals surface area contributed by atoms with E-state index in [1.807, 2.05) is 36.4 Å². The Bertz CT molecular complexity index is 1030. The molecule has 3 aromatic rings. The van der Waals surface area contributed by atoms with Gasteiger partial charge in [-0.3, -0.25) is 4.79 Å². The minimum Gasteiger partial charge on any atom is -0.495 e. The lowest BCUT2D eigenvalue weighted by atomic mass is 10.2. The molecule has 0 saturated carbocycles. The largest absolute Gasteiger partial charge is 0.495 e. The Kier molecular flexibility index (Phi) is 6.01. The Labute approximate surface area is 162 Å². The Hall–Kier alpha value is -3.67. The maximum atomic E-state index is 12.3. The van der Waals surface area contributed by atoms with Crippen molar-refractivity contribution in [2.75, 3.05) is 12.4 Å². The average molecular weight is 376 g/mol. The van der Waals surface area contributed by atoms with E-state index in [1.54, 1.807) is 30.3 Å². The number of para-hydroxylation sites is 3. The number of amides is 1. The van der Waals surface area contributed by atoms with E-state index in [4.69, 9.17) is 9.47 Å². The summed E-state index contributed by atoms with van der Waals surface area (Å²) in [5.41, 5.74) is 1.97. The summed E-state index contributed by atoms with van der Waals surface area (Å²) in [5, 5.41) is 3.70. The maximum Gasteiger partial charge on any atom is 0.331 e. The molecule has 1 amide bonds. The van der Waals surface area contributed by atoms with Crippen molar-refractivity contribution in [1.29, 1.82) is 0 Å². The van der Waals surface area contributed by atoms with Crippen LogP contribution in [-0.4, -0.2) is 30.1 Å². The number of hydrogen-bond acceptors (Lipinski definition) is 5. The van der Waals surface area contributed by atoms with Gasteiger partial charge in [0.2, 0.25) is 0 Å². The second kappa shape index (κ2) is 8.81. The topological polar surface area (TPSA) is 77.5 Å². The van der Waals surface area contributed by atoms with Gasteiger partial charge in [0.1, 0.15) is 5.75 Å². The Balaban J connectivity index is 1.59.